The molecule has 0 spiro atoms. The summed E-state index contributed by atoms with van der Waals surface area (Å²) < 4.78 is 36.8. The molecule has 5 heteroatoms. The first-order valence-electron chi connectivity index (χ1n) is 4.88. The van der Waals surface area contributed by atoms with Crippen molar-refractivity contribution in [2.75, 3.05) is 6.61 Å². The van der Waals surface area contributed by atoms with Crippen molar-refractivity contribution in [1.82, 2.24) is 0 Å². The molecule has 1 atom stereocenters. The summed E-state index contributed by atoms with van der Waals surface area (Å²) in [6.45, 7) is 2.02. The Kier molecular flexibility index (Phi) is 4.68. The van der Waals surface area contributed by atoms with Crippen molar-refractivity contribution in [3.05, 3.63) is 29.8 Å². The van der Waals surface area contributed by atoms with E-state index in [1.165, 1.54) is 23.9 Å². The Morgan fingerprint density at radius 3 is 2.25 bits per heavy atom. The number of hydrogen-bond donors (Lipinski definition) is 1. The standard InChI is InChI=1S/C11H13F3OS/c1-8(6-7-15)16-10-4-2-9(3-5-10)11(12,13)14/h2-5,8,15H,6-7H2,1H3. The van der Waals surface area contributed by atoms with E-state index in [2.05, 4.69) is 0 Å². The summed E-state index contributed by atoms with van der Waals surface area (Å²) in [6.07, 6.45) is -3.65. The third-order valence-electron chi connectivity index (χ3n) is 2.05. The van der Waals surface area contributed by atoms with Gasteiger partial charge in [-0.2, -0.15) is 13.2 Å². The quantitative estimate of drug-likeness (QED) is 0.824. The van der Waals surface area contributed by atoms with Gasteiger partial charge in [0.15, 0.2) is 0 Å². The fourth-order valence-corrected chi connectivity index (χ4v) is 2.18. The Labute approximate surface area is 96.7 Å². The lowest BCUT2D eigenvalue weighted by Crippen LogP contribution is -2.04. The Morgan fingerprint density at radius 1 is 1.25 bits per heavy atom. The number of aliphatic hydroxyl groups is 1. The first kappa shape index (κ1) is 13.4. The molecule has 0 aliphatic heterocycles. The van der Waals surface area contributed by atoms with Gasteiger partial charge < -0.3 is 5.11 Å². The highest BCUT2D eigenvalue weighted by Gasteiger charge is 2.29. The summed E-state index contributed by atoms with van der Waals surface area (Å²) in [5.41, 5.74) is -0.633. The molecule has 0 aliphatic rings. The van der Waals surface area contributed by atoms with Crippen molar-refractivity contribution in [2.45, 2.75) is 29.7 Å². The number of alkyl halides is 3. The zero-order valence-corrected chi connectivity index (χ0v) is 9.61. The van der Waals surface area contributed by atoms with Crippen LogP contribution >= 0.6 is 11.8 Å². The van der Waals surface area contributed by atoms with Crippen LogP contribution in [0.4, 0.5) is 13.2 Å². The van der Waals surface area contributed by atoms with Gasteiger partial charge in [0.05, 0.1) is 5.56 Å². The molecular formula is C11H13F3OS. The molecule has 0 amide bonds. The number of aliphatic hydroxyl groups excluding tert-OH is 1. The largest absolute Gasteiger partial charge is 0.416 e. The fourth-order valence-electron chi connectivity index (χ4n) is 1.20. The molecule has 1 rings (SSSR count). The molecule has 0 saturated carbocycles. The molecule has 0 bridgehead atoms. The van der Waals surface area contributed by atoms with Crippen molar-refractivity contribution < 1.29 is 18.3 Å². The molecule has 0 saturated heterocycles. The minimum Gasteiger partial charge on any atom is -0.396 e. The second-order valence-electron chi connectivity index (χ2n) is 3.46. The lowest BCUT2D eigenvalue weighted by Gasteiger charge is -2.10. The second-order valence-corrected chi connectivity index (χ2v) is 4.97. The highest BCUT2D eigenvalue weighted by atomic mass is 32.2. The average Bonchev–Trinajstić information content (AvgIpc) is 2.17. The molecule has 90 valence electrons. The van der Waals surface area contributed by atoms with Gasteiger partial charge in [0.25, 0.3) is 0 Å². The molecule has 16 heavy (non-hydrogen) atoms. The van der Waals surface area contributed by atoms with Gasteiger partial charge >= 0.3 is 6.18 Å². The van der Waals surface area contributed by atoms with Crippen molar-refractivity contribution in [2.24, 2.45) is 0 Å². The SMILES string of the molecule is CC(CCO)Sc1ccc(C(F)(F)F)cc1. The third kappa shape index (κ3) is 4.06. The van der Waals surface area contributed by atoms with E-state index in [9.17, 15) is 13.2 Å². The fraction of sp³-hybridized carbons (Fsp3) is 0.455. The van der Waals surface area contributed by atoms with Crippen molar-refractivity contribution in [3.8, 4) is 0 Å². The highest BCUT2D eigenvalue weighted by molar-refractivity contribution is 7.99. The molecule has 0 aliphatic carbocycles. The summed E-state index contributed by atoms with van der Waals surface area (Å²) in [7, 11) is 0. The van der Waals surface area contributed by atoms with E-state index in [-0.39, 0.29) is 11.9 Å². The minimum absolute atomic E-state index is 0.0921. The Balaban J connectivity index is 2.65. The van der Waals surface area contributed by atoms with Gasteiger partial charge in [0.2, 0.25) is 0 Å². The predicted molar refractivity (Wildman–Crippen MR) is 58.5 cm³/mol. The Morgan fingerprint density at radius 2 is 1.81 bits per heavy atom. The highest BCUT2D eigenvalue weighted by Crippen LogP contribution is 2.32. The maximum absolute atomic E-state index is 12.3. The van der Waals surface area contributed by atoms with E-state index >= 15 is 0 Å². The topological polar surface area (TPSA) is 20.2 Å². The zero-order chi connectivity index (χ0) is 12.2. The van der Waals surface area contributed by atoms with Crippen molar-refractivity contribution in [3.63, 3.8) is 0 Å². The second kappa shape index (κ2) is 5.59. The van der Waals surface area contributed by atoms with Gasteiger partial charge in [-0.3, -0.25) is 0 Å². The van der Waals surface area contributed by atoms with Crippen LogP contribution in [0, 0.1) is 0 Å². The van der Waals surface area contributed by atoms with Gasteiger partial charge in [-0.25, -0.2) is 0 Å². The van der Waals surface area contributed by atoms with E-state index in [1.54, 1.807) is 0 Å². The van der Waals surface area contributed by atoms with Gasteiger partial charge in [-0.1, -0.05) is 6.92 Å². The molecule has 0 aromatic heterocycles. The molecule has 0 radical (unpaired) electrons. The predicted octanol–water partition coefficient (Wildman–Crippen LogP) is 3.57. The monoisotopic (exact) mass is 250 g/mol. The molecular weight excluding hydrogens is 237 g/mol. The van der Waals surface area contributed by atoms with Crippen LogP contribution in [-0.4, -0.2) is 17.0 Å². The first-order chi connectivity index (χ1) is 7.43. The van der Waals surface area contributed by atoms with E-state index in [0.29, 0.717) is 6.42 Å². The van der Waals surface area contributed by atoms with Gasteiger partial charge in [-0.05, 0) is 30.7 Å². The first-order valence-corrected chi connectivity index (χ1v) is 5.76. The summed E-state index contributed by atoms with van der Waals surface area (Å²) in [5.74, 6) is 0. The summed E-state index contributed by atoms with van der Waals surface area (Å²) in [4.78, 5) is 0.786. The van der Waals surface area contributed by atoms with Crippen molar-refractivity contribution in [1.29, 1.82) is 0 Å². The summed E-state index contributed by atoms with van der Waals surface area (Å²) >= 11 is 1.46. The van der Waals surface area contributed by atoms with Gasteiger partial charge in [0, 0.05) is 16.8 Å². The van der Waals surface area contributed by atoms with Gasteiger partial charge in [-0.15, -0.1) is 11.8 Å². The molecule has 1 aromatic carbocycles. The third-order valence-corrected chi connectivity index (χ3v) is 3.24. The number of hydrogen-bond acceptors (Lipinski definition) is 2. The van der Waals surface area contributed by atoms with E-state index in [4.69, 9.17) is 5.11 Å². The van der Waals surface area contributed by atoms with Crippen LogP contribution in [0.3, 0.4) is 0 Å². The van der Waals surface area contributed by atoms with Crippen molar-refractivity contribution >= 4 is 11.8 Å². The molecule has 1 nitrogen and oxygen atoms in total. The average molecular weight is 250 g/mol. The van der Waals surface area contributed by atoms with Crippen LogP contribution in [0.5, 0.6) is 0 Å². The lowest BCUT2D eigenvalue weighted by molar-refractivity contribution is -0.137. The summed E-state index contributed by atoms with van der Waals surface area (Å²) in [6, 6.07) is 5.07. The van der Waals surface area contributed by atoms with Crippen LogP contribution in [0.2, 0.25) is 0 Å². The number of halogens is 3. The maximum atomic E-state index is 12.3. The Bertz CT molecular complexity index is 321. The van der Waals surface area contributed by atoms with Crippen LogP contribution in [0.15, 0.2) is 29.2 Å². The van der Waals surface area contributed by atoms with Crippen LogP contribution in [0.1, 0.15) is 18.9 Å². The maximum Gasteiger partial charge on any atom is 0.416 e. The smallest absolute Gasteiger partial charge is 0.396 e. The number of thioether (sulfide) groups is 1. The molecule has 1 unspecified atom stereocenters. The number of benzene rings is 1. The van der Waals surface area contributed by atoms with E-state index < -0.39 is 11.7 Å². The zero-order valence-electron chi connectivity index (χ0n) is 8.79. The lowest BCUT2D eigenvalue weighted by atomic mass is 10.2. The normalized spacial score (nSPS) is 13.8. The van der Waals surface area contributed by atoms with E-state index in [0.717, 1.165) is 17.0 Å². The van der Waals surface area contributed by atoms with Crippen LogP contribution in [0.25, 0.3) is 0 Å². The molecule has 0 heterocycles. The molecule has 0 fully saturated rings. The minimum atomic E-state index is -4.28. The van der Waals surface area contributed by atoms with E-state index in [1.807, 2.05) is 6.92 Å². The van der Waals surface area contributed by atoms with Crippen LogP contribution < -0.4 is 0 Å². The number of rotatable bonds is 4. The Hall–Kier alpha value is -0.680. The van der Waals surface area contributed by atoms with Gasteiger partial charge in [0.1, 0.15) is 0 Å². The summed E-state index contributed by atoms with van der Waals surface area (Å²) in [5, 5.41) is 8.90. The van der Waals surface area contributed by atoms with Crippen LogP contribution in [-0.2, 0) is 6.18 Å². The molecule has 1 N–H and O–H groups in total. The molecule has 1 aromatic rings.